The van der Waals surface area contributed by atoms with Gasteiger partial charge in [0.2, 0.25) is 5.91 Å². The Balaban J connectivity index is 3.34. The first-order chi connectivity index (χ1) is 9.70. The molecule has 0 spiro atoms. The largest absolute Gasteiger partial charge is 0.353 e. The minimum atomic E-state index is -0.379. The summed E-state index contributed by atoms with van der Waals surface area (Å²) in [5, 5.41) is 2.85. The summed E-state index contributed by atoms with van der Waals surface area (Å²) >= 11 is 0. The maximum Gasteiger partial charge on any atom is 0.224 e. The zero-order valence-corrected chi connectivity index (χ0v) is 13.8. The van der Waals surface area contributed by atoms with Crippen molar-refractivity contribution in [3.05, 3.63) is 6.92 Å². The molecule has 0 bridgehead atoms. The maximum absolute atomic E-state index is 10.9. The number of amides is 1. The molecule has 0 rings (SSSR count). The molecule has 2 heteroatoms. The van der Waals surface area contributed by atoms with E-state index >= 15 is 0 Å². The molecule has 1 atom stereocenters. The number of carbonyl (C=O) groups excluding carboxylic acids is 1. The van der Waals surface area contributed by atoms with Crippen molar-refractivity contribution in [1.29, 1.82) is 0 Å². The molecule has 0 aromatic heterocycles. The standard InChI is InChI=1S/C18H35NO/c1-4-6-7-8-9-10-11-12-13-14-16-18(15-5-2)19-17(3)20/h3,18H,4-16H2,1-2H3,(H,19,20). The van der Waals surface area contributed by atoms with Crippen molar-refractivity contribution in [2.45, 2.75) is 103 Å². The van der Waals surface area contributed by atoms with Gasteiger partial charge >= 0.3 is 0 Å². The van der Waals surface area contributed by atoms with Crippen LogP contribution in [-0.2, 0) is 4.79 Å². The van der Waals surface area contributed by atoms with Crippen molar-refractivity contribution < 1.29 is 4.79 Å². The van der Waals surface area contributed by atoms with Crippen molar-refractivity contribution in [2.75, 3.05) is 0 Å². The summed E-state index contributed by atoms with van der Waals surface area (Å²) in [5.41, 5.74) is 0. The average Bonchev–Trinajstić information content (AvgIpc) is 2.40. The Hall–Kier alpha value is -0.530. The Morgan fingerprint density at radius 3 is 1.75 bits per heavy atom. The van der Waals surface area contributed by atoms with Crippen LogP contribution in [0.2, 0.25) is 0 Å². The fourth-order valence-electron chi connectivity index (χ4n) is 2.72. The van der Waals surface area contributed by atoms with E-state index in [0.29, 0.717) is 0 Å². The first-order valence-corrected chi connectivity index (χ1v) is 8.76. The molecule has 1 unspecified atom stereocenters. The van der Waals surface area contributed by atoms with Crippen LogP contribution in [0, 0.1) is 6.92 Å². The molecule has 0 aliphatic heterocycles. The third-order valence-corrected chi connectivity index (χ3v) is 3.89. The second-order valence-corrected chi connectivity index (χ2v) is 5.96. The van der Waals surface area contributed by atoms with Gasteiger partial charge in [-0.2, -0.15) is 0 Å². The Morgan fingerprint density at radius 1 is 0.800 bits per heavy atom. The van der Waals surface area contributed by atoms with E-state index in [-0.39, 0.29) is 11.9 Å². The van der Waals surface area contributed by atoms with Crippen LogP contribution in [0.15, 0.2) is 0 Å². The lowest BCUT2D eigenvalue weighted by atomic mass is 10.0. The van der Waals surface area contributed by atoms with Crippen LogP contribution >= 0.6 is 0 Å². The minimum Gasteiger partial charge on any atom is -0.353 e. The van der Waals surface area contributed by atoms with E-state index in [9.17, 15) is 4.79 Å². The summed E-state index contributed by atoms with van der Waals surface area (Å²) in [7, 11) is 0. The van der Waals surface area contributed by atoms with E-state index in [1.807, 2.05) is 0 Å². The Morgan fingerprint density at radius 2 is 1.30 bits per heavy atom. The van der Waals surface area contributed by atoms with Crippen molar-refractivity contribution in [3.8, 4) is 0 Å². The van der Waals surface area contributed by atoms with Gasteiger partial charge in [0.15, 0.2) is 0 Å². The van der Waals surface area contributed by atoms with Crippen LogP contribution in [0.25, 0.3) is 0 Å². The molecule has 0 aliphatic carbocycles. The molecular weight excluding hydrogens is 246 g/mol. The molecular formula is C18H35NO. The van der Waals surface area contributed by atoms with E-state index in [2.05, 4.69) is 19.2 Å². The zero-order chi connectivity index (χ0) is 15.1. The number of hydrogen-bond acceptors (Lipinski definition) is 1. The van der Waals surface area contributed by atoms with Crippen LogP contribution in [0.4, 0.5) is 0 Å². The lowest BCUT2D eigenvalue weighted by Gasteiger charge is -2.16. The smallest absolute Gasteiger partial charge is 0.224 e. The van der Waals surface area contributed by atoms with Crippen LogP contribution in [0.5, 0.6) is 0 Å². The Labute approximate surface area is 127 Å². The fraction of sp³-hybridized carbons (Fsp3) is 0.889. The quantitative estimate of drug-likeness (QED) is 0.430. The molecule has 118 valence electrons. The number of rotatable bonds is 14. The summed E-state index contributed by atoms with van der Waals surface area (Å²) in [5.74, 6) is -0.379. The molecule has 0 aliphatic rings. The third-order valence-electron chi connectivity index (χ3n) is 3.89. The zero-order valence-electron chi connectivity index (χ0n) is 13.8. The summed E-state index contributed by atoms with van der Waals surface area (Å²) in [4.78, 5) is 10.9. The monoisotopic (exact) mass is 281 g/mol. The van der Waals surface area contributed by atoms with Gasteiger partial charge in [-0.25, -0.2) is 0 Å². The number of nitrogens with one attached hydrogen (secondary N) is 1. The van der Waals surface area contributed by atoms with Gasteiger partial charge in [-0.1, -0.05) is 84.5 Å². The molecule has 1 N–H and O–H groups in total. The highest BCUT2D eigenvalue weighted by atomic mass is 16.1. The number of hydrogen-bond donors (Lipinski definition) is 1. The highest BCUT2D eigenvalue weighted by Gasteiger charge is 2.08. The molecule has 2 nitrogen and oxygen atoms in total. The predicted molar refractivity (Wildman–Crippen MR) is 87.6 cm³/mol. The van der Waals surface area contributed by atoms with Gasteiger partial charge in [0.25, 0.3) is 0 Å². The van der Waals surface area contributed by atoms with Crippen LogP contribution in [0.1, 0.15) is 97.3 Å². The third kappa shape index (κ3) is 13.9. The van der Waals surface area contributed by atoms with Crippen LogP contribution < -0.4 is 5.32 Å². The lowest BCUT2D eigenvalue weighted by Crippen LogP contribution is -2.32. The minimum absolute atomic E-state index is 0.284. The van der Waals surface area contributed by atoms with Gasteiger partial charge in [-0.05, 0) is 12.8 Å². The van der Waals surface area contributed by atoms with Crippen molar-refractivity contribution in [3.63, 3.8) is 0 Å². The fourth-order valence-corrected chi connectivity index (χ4v) is 2.72. The second-order valence-electron chi connectivity index (χ2n) is 5.96. The van der Waals surface area contributed by atoms with Gasteiger partial charge in [0, 0.05) is 6.04 Å². The summed E-state index contributed by atoms with van der Waals surface area (Å²) < 4.78 is 0. The second kappa shape index (κ2) is 14.9. The molecule has 0 saturated heterocycles. The first-order valence-electron chi connectivity index (χ1n) is 8.76. The molecule has 0 aromatic carbocycles. The van der Waals surface area contributed by atoms with E-state index in [1.54, 1.807) is 0 Å². The highest BCUT2D eigenvalue weighted by molar-refractivity contribution is 5.80. The molecule has 0 fully saturated rings. The van der Waals surface area contributed by atoms with Crippen molar-refractivity contribution in [2.24, 2.45) is 0 Å². The lowest BCUT2D eigenvalue weighted by molar-refractivity contribution is -0.117. The highest BCUT2D eigenvalue weighted by Crippen LogP contribution is 2.13. The van der Waals surface area contributed by atoms with Crippen molar-refractivity contribution >= 4 is 5.91 Å². The number of carbonyl (C=O) groups is 1. The van der Waals surface area contributed by atoms with Gasteiger partial charge in [-0.3, -0.25) is 4.79 Å². The summed E-state index contributed by atoms with van der Waals surface area (Å²) in [6, 6.07) is 0.284. The van der Waals surface area contributed by atoms with Gasteiger partial charge in [0.05, 0.1) is 6.92 Å². The summed E-state index contributed by atoms with van der Waals surface area (Å²) in [6.07, 6.45) is 16.8. The predicted octanol–water partition coefficient (Wildman–Crippen LogP) is 5.29. The van der Waals surface area contributed by atoms with E-state index in [1.165, 1.54) is 64.2 Å². The first kappa shape index (κ1) is 19.5. The summed E-state index contributed by atoms with van der Waals surface area (Å²) in [6.45, 7) is 9.60. The Bertz CT molecular complexity index is 215. The topological polar surface area (TPSA) is 29.1 Å². The van der Waals surface area contributed by atoms with Crippen LogP contribution in [0.3, 0.4) is 0 Å². The molecule has 1 amide bonds. The number of unbranched alkanes of at least 4 members (excludes halogenated alkanes) is 9. The molecule has 0 saturated carbocycles. The molecule has 2 radical (unpaired) electrons. The van der Waals surface area contributed by atoms with E-state index in [0.717, 1.165) is 19.3 Å². The van der Waals surface area contributed by atoms with E-state index in [4.69, 9.17) is 6.92 Å². The molecule has 20 heavy (non-hydrogen) atoms. The molecule has 0 heterocycles. The van der Waals surface area contributed by atoms with Crippen molar-refractivity contribution in [1.82, 2.24) is 5.32 Å². The Kier molecular flexibility index (Phi) is 14.5. The average molecular weight is 281 g/mol. The van der Waals surface area contributed by atoms with Gasteiger partial charge in [-0.15, -0.1) is 0 Å². The van der Waals surface area contributed by atoms with Gasteiger partial charge < -0.3 is 5.32 Å². The van der Waals surface area contributed by atoms with E-state index < -0.39 is 0 Å². The molecule has 0 aromatic rings. The van der Waals surface area contributed by atoms with Crippen LogP contribution in [-0.4, -0.2) is 11.9 Å². The maximum atomic E-state index is 10.9. The van der Waals surface area contributed by atoms with Gasteiger partial charge in [0.1, 0.15) is 0 Å². The SMILES string of the molecule is [CH]C(=O)NC(CCC)CCCCCCCCCCCC. The normalized spacial score (nSPS) is 12.3.